The van der Waals surface area contributed by atoms with Crippen LogP contribution in [-0.2, 0) is 9.47 Å². The van der Waals surface area contributed by atoms with Crippen molar-refractivity contribution in [2.45, 2.75) is 51.4 Å². The minimum atomic E-state index is -0.384. The Morgan fingerprint density at radius 2 is 2.05 bits per heavy atom. The number of carbonyl (C=O) groups excluding carboxylic acids is 1. The summed E-state index contributed by atoms with van der Waals surface area (Å²) >= 11 is 6.05. The van der Waals surface area contributed by atoms with E-state index in [4.69, 9.17) is 21.1 Å². The van der Waals surface area contributed by atoms with E-state index in [1.54, 1.807) is 18.2 Å². The summed E-state index contributed by atoms with van der Waals surface area (Å²) in [4.78, 5) is 11.9. The molecular formula is C16H22ClNO3. The van der Waals surface area contributed by atoms with E-state index in [0.717, 1.165) is 6.42 Å². The van der Waals surface area contributed by atoms with Crippen LogP contribution in [0.2, 0.25) is 5.02 Å². The second kappa shape index (κ2) is 5.50. The highest BCUT2D eigenvalue weighted by atomic mass is 35.5. The average Bonchev–Trinajstić information content (AvgIpc) is 2.56. The lowest BCUT2D eigenvalue weighted by molar-refractivity contribution is -0.0662. The predicted octanol–water partition coefficient (Wildman–Crippen LogP) is 3.88. The molecule has 1 fully saturated rings. The number of benzene rings is 1. The van der Waals surface area contributed by atoms with Crippen molar-refractivity contribution in [1.29, 1.82) is 0 Å². The molecule has 1 saturated heterocycles. The summed E-state index contributed by atoms with van der Waals surface area (Å²) in [5.74, 6) is -0.384. The van der Waals surface area contributed by atoms with Crippen LogP contribution >= 0.6 is 11.6 Å². The van der Waals surface area contributed by atoms with Crippen molar-refractivity contribution < 1.29 is 14.3 Å². The predicted molar refractivity (Wildman–Crippen MR) is 84.1 cm³/mol. The maximum Gasteiger partial charge on any atom is 0.339 e. The minimum absolute atomic E-state index is 0.0781. The molecule has 21 heavy (non-hydrogen) atoms. The van der Waals surface area contributed by atoms with Gasteiger partial charge >= 0.3 is 5.97 Å². The Hall–Kier alpha value is -1.26. The van der Waals surface area contributed by atoms with E-state index >= 15 is 0 Å². The molecule has 0 aromatic heterocycles. The van der Waals surface area contributed by atoms with Crippen molar-refractivity contribution in [2.24, 2.45) is 0 Å². The molecule has 0 radical (unpaired) electrons. The molecule has 1 aromatic rings. The summed E-state index contributed by atoms with van der Waals surface area (Å²) in [5, 5.41) is 3.97. The molecule has 116 valence electrons. The number of halogens is 1. The normalized spacial score (nSPS) is 22.9. The van der Waals surface area contributed by atoms with Gasteiger partial charge in [-0.05, 0) is 52.3 Å². The van der Waals surface area contributed by atoms with Gasteiger partial charge in [0.25, 0.3) is 0 Å². The number of rotatable bonds is 3. The summed E-state index contributed by atoms with van der Waals surface area (Å²) in [6.45, 7) is 8.22. The van der Waals surface area contributed by atoms with Crippen molar-refractivity contribution in [3.05, 3.63) is 28.8 Å². The van der Waals surface area contributed by atoms with E-state index in [9.17, 15) is 4.79 Å². The third kappa shape index (κ3) is 3.50. The van der Waals surface area contributed by atoms with Crippen molar-refractivity contribution in [2.75, 3.05) is 12.4 Å². The molecule has 1 N–H and O–H groups in total. The van der Waals surface area contributed by atoms with Gasteiger partial charge in [0.2, 0.25) is 0 Å². The third-order valence-corrected chi connectivity index (χ3v) is 4.03. The molecule has 4 nitrogen and oxygen atoms in total. The van der Waals surface area contributed by atoms with Gasteiger partial charge < -0.3 is 14.8 Å². The molecule has 0 amide bonds. The van der Waals surface area contributed by atoms with Crippen LogP contribution in [0.1, 0.15) is 44.5 Å². The topological polar surface area (TPSA) is 47.6 Å². The Kier molecular flexibility index (Phi) is 4.22. The van der Waals surface area contributed by atoms with Crippen molar-refractivity contribution in [3.8, 4) is 0 Å². The fourth-order valence-electron chi connectivity index (χ4n) is 2.90. The Morgan fingerprint density at radius 1 is 1.38 bits per heavy atom. The molecule has 1 heterocycles. The standard InChI is InChI=1S/C16H22ClNO3/c1-15(2)9-13(16(3,4)21-15)18-12-8-10(17)6-7-11(12)14(19)20-5/h6-8,13,18H,9H2,1-5H3. The first-order chi connectivity index (χ1) is 9.64. The van der Waals surface area contributed by atoms with Crippen LogP contribution < -0.4 is 5.32 Å². The van der Waals surface area contributed by atoms with Gasteiger partial charge in [-0.1, -0.05) is 11.6 Å². The zero-order chi connectivity index (χ0) is 15.8. The molecular weight excluding hydrogens is 290 g/mol. The molecule has 1 unspecified atom stereocenters. The van der Waals surface area contributed by atoms with Gasteiger partial charge in [0.15, 0.2) is 0 Å². The maximum absolute atomic E-state index is 11.9. The fourth-order valence-corrected chi connectivity index (χ4v) is 3.07. The molecule has 0 spiro atoms. The van der Waals surface area contributed by atoms with Crippen LogP contribution in [0.25, 0.3) is 0 Å². The van der Waals surface area contributed by atoms with Crippen LogP contribution in [0.15, 0.2) is 18.2 Å². The minimum Gasteiger partial charge on any atom is -0.465 e. The van der Waals surface area contributed by atoms with E-state index < -0.39 is 0 Å². The second-order valence-electron chi connectivity index (χ2n) is 6.55. The number of hydrogen-bond acceptors (Lipinski definition) is 4. The van der Waals surface area contributed by atoms with Crippen molar-refractivity contribution in [3.63, 3.8) is 0 Å². The lowest BCUT2D eigenvalue weighted by Crippen LogP contribution is -2.38. The van der Waals surface area contributed by atoms with Gasteiger partial charge in [0.1, 0.15) is 0 Å². The zero-order valence-corrected chi connectivity index (χ0v) is 13.9. The quantitative estimate of drug-likeness (QED) is 0.860. The van der Waals surface area contributed by atoms with Gasteiger partial charge in [-0.25, -0.2) is 4.79 Å². The van der Waals surface area contributed by atoms with Crippen LogP contribution in [0, 0.1) is 0 Å². The molecule has 1 aliphatic heterocycles. The largest absolute Gasteiger partial charge is 0.465 e. The Bertz CT molecular complexity index is 554. The summed E-state index contributed by atoms with van der Waals surface area (Å²) in [6.07, 6.45) is 0.840. The van der Waals surface area contributed by atoms with Crippen LogP contribution in [-0.4, -0.2) is 30.3 Å². The SMILES string of the molecule is COC(=O)c1ccc(Cl)cc1NC1CC(C)(C)OC1(C)C. The van der Waals surface area contributed by atoms with E-state index in [1.165, 1.54) is 7.11 Å². The number of ether oxygens (including phenoxy) is 2. The monoisotopic (exact) mass is 311 g/mol. The first-order valence-electron chi connectivity index (χ1n) is 6.99. The molecule has 0 aliphatic carbocycles. The summed E-state index contributed by atoms with van der Waals surface area (Å²) in [6, 6.07) is 5.17. The maximum atomic E-state index is 11.9. The van der Waals surface area contributed by atoms with Crippen LogP contribution in [0.3, 0.4) is 0 Å². The molecule has 0 saturated carbocycles. The number of hydrogen-bond donors (Lipinski definition) is 1. The number of anilines is 1. The Balaban J connectivity index is 2.31. The number of methoxy groups -OCH3 is 1. The molecule has 1 aliphatic rings. The third-order valence-electron chi connectivity index (χ3n) is 3.79. The number of carbonyl (C=O) groups is 1. The van der Waals surface area contributed by atoms with E-state index in [-0.39, 0.29) is 23.2 Å². The molecule has 0 bridgehead atoms. The lowest BCUT2D eigenvalue weighted by atomic mass is 9.94. The van der Waals surface area contributed by atoms with E-state index in [0.29, 0.717) is 16.3 Å². The Morgan fingerprint density at radius 3 is 2.57 bits per heavy atom. The van der Waals surface area contributed by atoms with Gasteiger partial charge in [-0.3, -0.25) is 0 Å². The molecule has 5 heteroatoms. The zero-order valence-electron chi connectivity index (χ0n) is 13.1. The van der Waals surface area contributed by atoms with Crippen molar-refractivity contribution in [1.82, 2.24) is 0 Å². The highest BCUT2D eigenvalue weighted by Crippen LogP contribution is 2.39. The van der Waals surface area contributed by atoms with Crippen molar-refractivity contribution >= 4 is 23.3 Å². The summed E-state index contributed by atoms with van der Waals surface area (Å²) in [5.41, 5.74) is 0.612. The van der Waals surface area contributed by atoms with Gasteiger partial charge in [-0.15, -0.1) is 0 Å². The van der Waals surface area contributed by atoms with Gasteiger partial charge in [-0.2, -0.15) is 0 Å². The highest BCUT2D eigenvalue weighted by molar-refractivity contribution is 6.31. The number of nitrogens with one attached hydrogen (secondary N) is 1. The van der Waals surface area contributed by atoms with Crippen LogP contribution in [0.5, 0.6) is 0 Å². The fraction of sp³-hybridized carbons (Fsp3) is 0.562. The Labute approximate surface area is 130 Å². The summed E-state index contributed by atoms with van der Waals surface area (Å²) in [7, 11) is 1.37. The average molecular weight is 312 g/mol. The van der Waals surface area contributed by atoms with E-state index in [1.807, 2.05) is 13.8 Å². The molecule has 1 aromatic carbocycles. The smallest absolute Gasteiger partial charge is 0.339 e. The van der Waals surface area contributed by atoms with Crippen LogP contribution in [0.4, 0.5) is 5.69 Å². The number of esters is 1. The first kappa shape index (κ1) is 16.1. The van der Waals surface area contributed by atoms with E-state index in [2.05, 4.69) is 19.2 Å². The first-order valence-corrected chi connectivity index (χ1v) is 7.37. The lowest BCUT2D eigenvalue weighted by Gasteiger charge is -2.29. The second-order valence-corrected chi connectivity index (χ2v) is 6.98. The molecule has 2 rings (SSSR count). The highest BCUT2D eigenvalue weighted by Gasteiger charge is 2.46. The van der Waals surface area contributed by atoms with Gasteiger partial charge in [0.05, 0.1) is 35.6 Å². The van der Waals surface area contributed by atoms with Gasteiger partial charge in [0, 0.05) is 5.02 Å². The molecule has 1 atom stereocenters. The summed E-state index contributed by atoms with van der Waals surface area (Å²) < 4.78 is 10.9.